The fourth-order valence-electron chi connectivity index (χ4n) is 1.89. The van der Waals surface area contributed by atoms with Crippen LogP contribution in [0, 0.1) is 11.7 Å². The second-order valence-corrected chi connectivity index (χ2v) is 5.61. The highest BCUT2D eigenvalue weighted by atomic mass is 19.1. The van der Waals surface area contributed by atoms with Gasteiger partial charge < -0.3 is 10.4 Å². The van der Waals surface area contributed by atoms with E-state index >= 15 is 0 Å². The molecule has 0 heterocycles. The van der Waals surface area contributed by atoms with Gasteiger partial charge in [0.25, 0.3) is 0 Å². The Morgan fingerprint density at radius 2 is 2.00 bits per heavy atom. The minimum absolute atomic E-state index is 0.243. The normalized spacial score (nSPS) is 14.8. The standard InChI is InChI=1S/C15H24FNO/c1-12(2)11-17-9-8-15(3,18)10-13-6-4-5-7-14(13)16/h4-7,12,17-18H,8-11H2,1-3H3. The van der Waals surface area contributed by atoms with E-state index in [1.165, 1.54) is 6.07 Å². The van der Waals surface area contributed by atoms with Gasteiger partial charge in [0.15, 0.2) is 0 Å². The first kappa shape index (κ1) is 15.1. The summed E-state index contributed by atoms with van der Waals surface area (Å²) in [6.45, 7) is 7.74. The van der Waals surface area contributed by atoms with Gasteiger partial charge >= 0.3 is 0 Å². The zero-order valence-corrected chi connectivity index (χ0v) is 11.5. The van der Waals surface area contributed by atoms with Gasteiger partial charge in [-0.05, 0) is 44.0 Å². The minimum Gasteiger partial charge on any atom is -0.390 e. The van der Waals surface area contributed by atoms with Crippen molar-refractivity contribution >= 4 is 0 Å². The molecular weight excluding hydrogens is 229 g/mol. The summed E-state index contributed by atoms with van der Waals surface area (Å²) in [6, 6.07) is 6.62. The lowest BCUT2D eigenvalue weighted by molar-refractivity contribution is 0.0505. The fourth-order valence-corrected chi connectivity index (χ4v) is 1.89. The van der Waals surface area contributed by atoms with E-state index < -0.39 is 5.60 Å². The summed E-state index contributed by atoms with van der Waals surface area (Å²) in [7, 11) is 0. The number of hydrogen-bond acceptors (Lipinski definition) is 2. The van der Waals surface area contributed by atoms with E-state index in [1.54, 1.807) is 25.1 Å². The molecule has 0 spiro atoms. The van der Waals surface area contributed by atoms with Crippen LogP contribution >= 0.6 is 0 Å². The zero-order chi connectivity index (χ0) is 13.6. The van der Waals surface area contributed by atoms with Gasteiger partial charge in [0.2, 0.25) is 0 Å². The van der Waals surface area contributed by atoms with Crippen LogP contribution in [0.4, 0.5) is 4.39 Å². The molecule has 0 radical (unpaired) electrons. The predicted octanol–water partition coefficient (Wildman–Crippen LogP) is 2.75. The largest absolute Gasteiger partial charge is 0.390 e. The topological polar surface area (TPSA) is 32.3 Å². The molecule has 2 nitrogen and oxygen atoms in total. The predicted molar refractivity (Wildman–Crippen MR) is 73.1 cm³/mol. The first-order valence-corrected chi connectivity index (χ1v) is 6.57. The van der Waals surface area contributed by atoms with E-state index in [0.717, 1.165) is 13.1 Å². The molecule has 1 aromatic rings. The maximum Gasteiger partial charge on any atom is 0.126 e. The molecule has 0 aliphatic carbocycles. The molecule has 1 atom stereocenters. The summed E-state index contributed by atoms with van der Waals surface area (Å²) in [6.07, 6.45) is 0.969. The number of halogens is 1. The van der Waals surface area contributed by atoms with E-state index in [9.17, 15) is 9.50 Å². The third-order valence-electron chi connectivity index (χ3n) is 2.92. The Labute approximate surface area is 109 Å². The van der Waals surface area contributed by atoms with Crippen molar-refractivity contribution in [1.82, 2.24) is 5.32 Å². The second-order valence-electron chi connectivity index (χ2n) is 5.61. The zero-order valence-electron chi connectivity index (χ0n) is 11.5. The molecular formula is C15H24FNO. The summed E-state index contributed by atoms with van der Waals surface area (Å²) >= 11 is 0. The summed E-state index contributed by atoms with van der Waals surface area (Å²) in [5, 5.41) is 13.5. The van der Waals surface area contributed by atoms with E-state index in [0.29, 0.717) is 24.3 Å². The lowest BCUT2D eigenvalue weighted by Gasteiger charge is -2.24. The molecule has 2 N–H and O–H groups in total. The van der Waals surface area contributed by atoms with Crippen molar-refractivity contribution in [3.63, 3.8) is 0 Å². The third kappa shape index (κ3) is 5.61. The SMILES string of the molecule is CC(C)CNCCC(C)(O)Cc1ccccc1F. The number of hydrogen-bond donors (Lipinski definition) is 2. The third-order valence-corrected chi connectivity index (χ3v) is 2.92. The van der Waals surface area contributed by atoms with E-state index in [1.807, 2.05) is 0 Å². The van der Waals surface area contributed by atoms with Crippen LogP contribution in [0.5, 0.6) is 0 Å². The molecule has 0 bridgehead atoms. The highest BCUT2D eigenvalue weighted by Gasteiger charge is 2.21. The number of aliphatic hydroxyl groups is 1. The van der Waals surface area contributed by atoms with E-state index in [-0.39, 0.29) is 5.82 Å². The molecule has 1 aromatic carbocycles. The van der Waals surface area contributed by atoms with E-state index in [4.69, 9.17) is 0 Å². The second kappa shape index (κ2) is 6.86. The quantitative estimate of drug-likeness (QED) is 0.732. The number of benzene rings is 1. The molecule has 3 heteroatoms. The van der Waals surface area contributed by atoms with Crippen molar-refractivity contribution in [2.45, 2.75) is 39.2 Å². The Morgan fingerprint density at radius 3 is 2.61 bits per heavy atom. The number of nitrogens with one attached hydrogen (secondary N) is 1. The molecule has 102 valence electrons. The van der Waals surface area contributed by atoms with Crippen molar-refractivity contribution in [1.29, 1.82) is 0 Å². The average molecular weight is 253 g/mol. The van der Waals surface area contributed by atoms with Crippen molar-refractivity contribution in [3.05, 3.63) is 35.6 Å². The van der Waals surface area contributed by atoms with Crippen LogP contribution in [-0.4, -0.2) is 23.8 Å². The van der Waals surface area contributed by atoms with Gasteiger partial charge in [0, 0.05) is 6.42 Å². The molecule has 0 fully saturated rings. The van der Waals surface area contributed by atoms with Gasteiger partial charge in [-0.15, -0.1) is 0 Å². The van der Waals surface area contributed by atoms with Gasteiger partial charge in [-0.1, -0.05) is 32.0 Å². The van der Waals surface area contributed by atoms with Gasteiger partial charge in [0.05, 0.1) is 5.60 Å². The van der Waals surface area contributed by atoms with Crippen LogP contribution in [0.1, 0.15) is 32.8 Å². The Hall–Kier alpha value is -0.930. The van der Waals surface area contributed by atoms with Gasteiger partial charge in [-0.2, -0.15) is 0 Å². The van der Waals surface area contributed by atoms with Gasteiger partial charge in [0.1, 0.15) is 5.82 Å². The summed E-state index contributed by atoms with van der Waals surface area (Å²) < 4.78 is 13.5. The lowest BCUT2D eigenvalue weighted by atomic mass is 9.93. The monoisotopic (exact) mass is 253 g/mol. The maximum atomic E-state index is 13.5. The Kier molecular flexibility index (Phi) is 5.76. The molecule has 0 aromatic heterocycles. The van der Waals surface area contributed by atoms with Crippen LogP contribution < -0.4 is 5.32 Å². The first-order valence-electron chi connectivity index (χ1n) is 6.57. The molecule has 1 rings (SSSR count). The highest BCUT2D eigenvalue weighted by molar-refractivity contribution is 5.19. The smallest absolute Gasteiger partial charge is 0.126 e. The van der Waals surface area contributed by atoms with Crippen molar-refractivity contribution in [3.8, 4) is 0 Å². The van der Waals surface area contributed by atoms with E-state index in [2.05, 4.69) is 19.2 Å². The number of rotatable bonds is 7. The summed E-state index contributed by atoms with van der Waals surface area (Å²) in [5.41, 5.74) is -0.294. The first-order chi connectivity index (χ1) is 8.41. The molecule has 1 unspecified atom stereocenters. The van der Waals surface area contributed by atoms with Crippen molar-refractivity contribution in [2.24, 2.45) is 5.92 Å². The molecule has 0 aliphatic rings. The van der Waals surface area contributed by atoms with Crippen molar-refractivity contribution < 1.29 is 9.50 Å². The molecule has 0 saturated heterocycles. The molecule has 18 heavy (non-hydrogen) atoms. The minimum atomic E-state index is -0.869. The highest BCUT2D eigenvalue weighted by Crippen LogP contribution is 2.18. The van der Waals surface area contributed by atoms with Crippen LogP contribution in [0.25, 0.3) is 0 Å². The lowest BCUT2D eigenvalue weighted by Crippen LogP contribution is -2.33. The Bertz CT molecular complexity index is 363. The summed E-state index contributed by atoms with van der Waals surface area (Å²) in [5.74, 6) is 0.356. The maximum absolute atomic E-state index is 13.5. The van der Waals surface area contributed by atoms with Crippen molar-refractivity contribution in [2.75, 3.05) is 13.1 Å². The van der Waals surface area contributed by atoms with Gasteiger partial charge in [-0.25, -0.2) is 4.39 Å². The molecule has 0 amide bonds. The van der Waals surface area contributed by atoms with Crippen LogP contribution in [0.15, 0.2) is 24.3 Å². The molecule has 0 aliphatic heterocycles. The summed E-state index contributed by atoms with van der Waals surface area (Å²) in [4.78, 5) is 0. The van der Waals surface area contributed by atoms with Crippen LogP contribution in [0.3, 0.4) is 0 Å². The van der Waals surface area contributed by atoms with Crippen LogP contribution in [-0.2, 0) is 6.42 Å². The Morgan fingerprint density at radius 1 is 1.33 bits per heavy atom. The Balaban J connectivity index is 2.42. The van der Waals surface area contributed by atoms with Gasteiger partial charge in [-0.3, -0.25) is 0 Å². The van der Waals surface area contributed by atoms with Crippen LogP contribution in [0.2, 0.25) is 0 Å². The molecule has 0 saturated carbocycles. The fraction of sp³-hybridized carbons (Fsp3) is 0.600. The average Bonchev–Trinajstić information content (AvgIpc) is 2.27.